The quantitative estimate of drug-likeness (QED) is 0.161. The number of anilines is 1. The molecular weight excluding hydrogens is 507 g/mol. The fraction of sp³-hybridized carbons (Fsp3) is 0.222. The van der Waals surface area contributed by atoms with Gasteiger partial charge in [-0.3, -0.25) is 14.7 Å². The number of ether oxygens (including phenoxy) is 1. The molecule has 0 saturated heterocycles. The fourth-order valence-electron chi connectivity index (χ4n) is 3.95. The number of methoxy groups -OCH3 is 1. The van der Waals surface area contributed by atoms with Gasteiger partial charge in [-0.15, -0.1) is 0 Å². The summed E-state index contributed by atoms with van der Waals surface area (Å²) in [5.74, 6) is 0.327. The van der Waals surface area contributed by atoms with Gasteiger partial charge in [0, 0.05) is 31.3 Å². The van der Waals surface area contributed by atoms with Crippen LogP contribution in [0.25, 0.3) is 0 Å². The predicted molar refractivity (Wildman–Crippen MR) is 144 cm³/mol. The zero-order valence-corrected chi connectivity index (χ0v) is 21.2. The Labute approximate surface area is 222 Å². The smallest absolute Gasteiger partial charge is 0.355 e. The molecule has 3 aromatic carbocycles. The average molecular weight is 535 g/mol. The molecule has 1 heterocycles. The lowest BCUT2D eigenvalue weighted by molar-refractivity contribution is -0.385. The molecule has 202 valence electrons. The summed E-state index contributed by atoms with van der Waals surface area (Å²) in [5.41, 5.74) is 0.604. The molecule has 0 aliphatic heterocycles. The van der Waals surface area contributed by atoms with Gasteiger partial charge in [-0.05, 0) is 35.4 Å². The van der Waals surface area contributed by atoms with Gasteiger partial charge >= 0.3 is 11.4 Å². The number of nitrogens with zero attached hydrogens (tertiary/aromatic N) is 4. The molecule has 0 amide bonds. The lowest BCUT2D eigenvalue weighted by Gasteiger charge is -2.16. The van der Waals surface area contributed by atoms with E-state index in [-0.39, 0.29) is 37.8 Å². The summed E-state index contributed by atoms with van der Waals surface area (Å²) in [6.45, 7) is 1.00. The van der Waals surface area contributed by atoms with Crippen molar-refractivity contribution in [1.82, 2.24) is 19.4 Å². The van der Waals surface area contributed by atoms with Gasteiger partial charge in [0.05, 0.1) is 25.1 Å². The maximum absolute atomic E-state index is 13.5. The van der Waals surface area contributed by atoms with E-state index < -0.39 is 22.1 Å². The first-order chi connectivity index (χ1) is 18.9. The van der Waals surface area contributed by atoms with Gasteiger partial charge in [-0.2, -0.15) is 4.98 Å². The minimum atomic E-state index is -0.745. The second kappa shape index (κ2) is 12.6. The topological polar surface area (TPSA) is 133 Å². The van der Waals surface area contributed by atoms with Crippen LogP contribution in [-0.4, -0.2) is 39.2 Å². The Morgan fingerprint density at radius 2 is 1.56 bits per heavy atom. The van der Waals surface area contributed by atoms with Crippen LogP contribution in [0.1, 0.15) is 16.7 Å². The van der Waals surface area contributed by atoms with Gasteiger partial charge in [-0.25, -0.2) is 18.5 Å². The number of nitro groups is 1. The van der Waals surface area contributed by atoms with Crippen LogP contribution in [0.3, 0.4) is 0 Å². The summed E-state index contributed by atoms with van der Waals surface area (Å²) in [5, 5.41) is 17.4. The van der Waals surface area contributed by atoms with Crippen LogP contribution in [0.4, 0.5) is 16.0 Å². The van der Waals surface area contributed by atoms with Gasteiger partial charge < -0.3 is 15.4 Å². The number of nitrogens with one attached hydrogen (secondary N) is 2. The van der Waals surface area contributed by atoms with Crippen LogP contribution in [0, 0.1) is 15.9 Å². The first-order valence-electron chi connectivity index (χ1n) is 12.1. The highest BCUT2D eigenvalue weighted by atomic mass is 19.1. The van der Waals surface area contributed by atoms with E-state index in [9.17, 15) is 24.1 Å². The Kier molecular flexibility index (Phi) is 8.79. The largest absolute Gasteiger partial charge is 0.497 e. The monoisotopic (exact) mass is 534 g/mol. The summed E-state index contributed by atoms with van der Waals surface area (Å²) in [6.07, 6.45) is 0. The van der Waals surface area contributed by atoms with Gasteiger partial charge in [-0.1, -0.05) is 42.5 Å². The molecular formula is C27H27FN6O5. The third-order valence-corrected chi connectivity index (χ3v) is 5.99. The zero-order valence-electron chi connectivity index (χ0n) is 21.2. The van der Waals surface area contributed by atoms with Crippen molar-refractivity contribution in [1.29, 1.82) is 0 Å². The molecule has 0 spiro atoms. The summed E-state index contributed by atoms with van der Waals surface area (Å²) >= 11 is 0. The van der Waals surface area contributed by atoms with Gasteiger partial charge in [0.1, 0.15) is 11.6 Å². The number of para-hydroxylation sites is 1. The van der Waals surface area contributed by atoms with E-state index in [0.717, 1.165) is 10.1 Å². The fourth-order valence-corrected chi connectivity index (χ4v) is 3.95. The number of halogens is 1. The van der Waals surface area contributed by atoms with Crippen LogP contribution in [0.2, 0.25) is 0 Å². The number of benzene rings is 3. The maximum Gasteiger partial charge on any atom is 0.355 e. The third kappa shape index (κ3) is 6.93. The summed E-state index contributed by atoms with van der Waals surface area (Å²) < 4.78 is 20.9. The lowest BCUT2D eigenvalue weighted by Crippen LogP contribution is -2.43. The molecule has 0 bridgehead atoms. The van der Waals surface area contributed by atoms with Crippen LogP contribution < -0.4 is 26.7 Å². The molecule has 4 rings (SSSR count). The van der Waals surface area contributed by atoms with E-state index in [1.807, 2.05) is 0 Å². The lowest BCUT2D eigenvalue weighted by atomic mass is 10.2. The van der Waals surface area contributed by atoms with Crippen molar-refractivity contribution in [3.63, 3.8) is 0 Å². The highest BCUT2D eigenvalue weighted by Gasteiger charge is 2.15. The predicted octanol–water partition coefficient (Wildman–Crippen LogP) is 2.76. The highest BCUT2D eigenvalue weighted by Crippen LogP contribution is 2.17. The number of rotatable bonds is 12. The van der Waals surface area contributed by atoms with Crippen molar-refractivity contribution in [3.8, 4) is 5.75 Å². The molecule has 0 unspecified atom stereocenters. The van der Waals surface area contributed by atoms with E-state index in [4.69, 9.17) is 4.74 Å². The minimum absolute atomic E-state index is 0.0257. The highest BCUT2D eigenvalue weighted by molar-refractivity contribution is 5.39. The van der Waals surface area contributed by atoms with E-state index >= 15 is 0 Å². The first kappa shape index (κ1) is 27.2. The maximum atomic E-state index is 13.5. The summed E-state index contributed by atoms with van der Waals surface area (Å²) in [6, 6.07) is 19.1. The molecule has 0 aliphatic carbocycles. The standard InChI is InChI=1S/C27H27FN6O5/c1-39-23-12-8-20(9-13-23)17-32-25(30-15-14-29-16-21-4-2-3-5-24(21)34(37)38)31-26(35)33(27(32)36)18-19-6-10-22(28)11-7-19/h2-13,29H,14-18H2,1H3,(H,30,31,35). The van der Waals surface area contributed by atoms with Gasteiger partial charge in [0.15, 0.2) is 0 Å². The van der Waals surface area contributed by atoms with E-state index in [1.165, 1.54) is 34.9 Å². The molecule has 12 heteroatoms. The van der Waals surface area contributed by atoms with Crippen LogP contribution in [0.5, 0.6) is 5.75 Å². The SMILES string of the molecule is COc1ccc(Cn2c(NCCNCc3ccccc3[N+](=O)[O-])nc(=O)n(Cc3ccc(F)cc3)c2=O)cc1. The summed E-state index contributed by atoms with van der Waals surface area (Å²) in [4.78, 5) is 41.2. The molecule has 0 atom stereocenters. The van der Waals surface area contributed by atoms with Crippen molar-refractivity contribution >= 4 is 11.6 Å². The average Bonchev–Trinajstić information content (AvgIpc) is 2.94. The van der Waals surface area contributed by atoms with Crippen molar-refractivity contribution in [2.45, 2.75) is 19.6 Å². The zero-order chi connectivity index (χ0) is 27.8. The molecule has 11 nitrogen and oxygen atoms in total. The Balaban J connectivity index is 1.53. The number of hydrogen-bond donors (Lipinski definition) is 2. The molecule has 1 aromatic heterocycles. The van der Waals surface area contributed by atoms with E-state index in [2.05, 4.69) is 15.6 Å². The third-order valence-electron chi connectivity index (χ3n) is 5.99. The van der Waals surface area contributed by atoms with Crippen LogP contribution in [0.15, 0.2) is 82.4 Å². The Morgan fingerprint density at radius 1 is 0.923 bits per heavy atom. The Hall–Kier alpha value is -4.84. The summed E-state index contributed by atoms with van der Waals surface area (Å²) in [7, 11) is 1.56. The van der Waals surface area contributed by atoms with Gasteiger partial charge in [0.25, 0.3) is 5.69 Å². The first-order valence-corrected chi connectivity index (χ1v) is 12.1. The van der Waals surface area contributed by atoms with Crippen molar-refractivity contribution in [3.05, 3.63) is 126 Å². The van der Waals surface area contributed by atoms with E-state index in [0.29, 0.717) is 23.4 Å². The number of aromatic nitrogens is 3. The Bertz CT molecular complexity index is 1550. The Morgan fingerprint density at radius 3 is 2.23 bits per heavy atom. The molecule has 2 N–H and O–H groups in total. The molecule has 39 heavy (non-hydrogen) atoms. The van der Waals surface area contributed by atoms with Crippen LogP contribution in [-0.2, 0) is 19.6 Å². The van der Waals surface area contributed by atoms with Crippen LogP contribution >= 0.6 is 0 Å². The molecule has 0 radical (unpaired) electrons. The minimum Gasteiger partial charge on any atom is -0.497 e. The van der Waals surface area contributed by atoms with E-state index in [1.54, 1.807) is 49.6 Å². The van der Waals surface area contributed by atoms with Crippen molar-refractivity contribution in [2.24, 2.45) is 0 Å². The van der Waals surface area contributed by atoms with Crippen molar-refractivity contribution < 1.29 is 14.1 Å². The molecule has 0 saturated carbocycles. The van der Waals surface area contributed by atoms with Gasteiger partial charge in [0.2, 0.25) is 5.95 Å². The molecule has 0 fully saturated rings. The number of nitro benzene ring substituents is 1. The van der Waals surface area contributed by atoms with Crippen molar-refractivity contribution in [2.75, 3.05) is 25.5 Å². The number of hydrogen-bond acceptors (Lipinski definition) is 8. The second-order valence-electron chi connectivity index (χ2n) is 8.64. The molecule has 4 aromatic rings. The normalized spacial score (nSPS) is 10.8. The molecule has 0 aliphatic rings. The second-order valence-corrected chi connectivity index (χ2v) is 8.64.